The second-order valence-corrected chi connectivity index (χ2v) is 3.97. The first-order valence-corrected chi connectivity index (χ1v) is 4.79. The van der Waals surface area contributed by atoms with Crippen LogP contribution >= 0.6 is 0 Å². The van der Waals surface area contributed by atoms with Crippen LogP contribution in [0, 0.1) is 0 Å². The summed E-state index contributed by atoms with van der Waals surface area (Å²) in [5, 5.41) is 9.29. The normalized spacial score (nSPS) is 38.5. The summed E-state index contributed by atoms with van der Waals surface area (Å²) in [6, 6.07) is 1.16. The van der Waals surface area contributed by atoms with Gasteiger partial charge in [-0.15, -0.1) is 0 Å². The number of morpholine rings is 1. The Labute approximate surface area is 73.3 Å². The highest BCUT2D eigenvalue weighted by atomic mass is 16.5. The predicted octanol–water partition coefficient (Wildman–Crippen LogP) is 0.230. The first-order chi connectivity index (χ1) is 5.77. The number of fused-ring (bicyclic) bond motifs is 2. The van der Waals surface area contributed by atoms with E-state index >= 15 is 0 Å². The van der Waals surface area contributed by atoms with Crippen LogP contribution in [0.5, 0.6) is 0 Å². The molecule has 70 valence electrons. The van der Waals surface area contributed by atoms with E-state index in [4.69, 9.17) is 4.74 Å². The molecule has 3 atom stereocenters. The number of ether oxygens (including phenoxy) is 1. The van der Waals surface area contributed by atoms with Gasteiger partial charge in [0, 0.05) is 18.6 Å². The lowest BCUT2D eigenvalue weighted by atomic mass is 10.2. The van der Waals surface area contributed by atoms with Crippen LogP contribution in [-0.4, -0.2) is 48.0 Å². The average molecular weight is 171 g/mol. The van der Waals surface area contributed by atoms with Gasteiger partial charge in [-0.1, -0.05) is 0 Å². The third kappa shape index (κ3) is 1.49. The Morgan fingerprint density at radius 3 is 2.50 bits per heavy atom. The zero-order valence-corrected chi connectivity index (χ0v) is 7.57. The number of hydrogen-bond donors (Lipinski definition) is 1. The van der Waals surface area contributed by atoms with E-state index in [1.807, 2.05) is 6.92 Å². The van der Waals surface area contributed by atoms with E-state index in [2.05, 4.69) is 4.90 Å². The molecule has 0 aromatic heterocycles. The highest BCUT2D eigenvalue weighted by molar-refractivity contribution is 4.91. The Kier molecular flexibility index (Phi) is 2.35. The summed E-state index contributed by atoms with van der Waals surface area (Å²) in [5.74, 6) is 0. The first-order valence-electron chi connectivity index (χ1n) is 4.79. The van der Waals surface area contributed by atoms with Crippen molar-refractivity contribution in [1.82, 2.24) is 4.90 Å². The third-order valence-electron chi connectivity index (χ3n) is 2.87. The highest BCUT2D eigenvalue weighted by Gasteiger charge is 2.37. The van der Waals surface area contributed by atoms with Gasteiger partial charge in [-0.25, -0.2) is 0 Å². The fourth-order valence-electron chi connectivity index (χ4n) is 2.32. The van der Waals surface area contributed by atoms with Gasteiger partial charge in [0.05, 0.1) is 19.3 Å². The number of aliphatic hydroxyl groups is 1. The fraction of sp³-hybridized carbons (Fsp3) is 1.00. The largest absolute Gasteiger partial charge is 0.392 e. The number of nitrogens with zero attached hydrogens (tertiary/aromatic N) is 1. The van der Waals surface area contributed by atoms with Crippen molar-refractivity contribution in [2.24, 2.45) is 0 Å². The minimum atomic E-state index is -0.203. The topological polar surface area (TPSA) is 32.7 Å². The summed E-state index contributed by atoms with van der Waals surface area (Å²) in [7, 11) is 0. The summed E-state index contributed by atoms with van der Waals surface area (Å²) < 4.78 is 5.45. The minimum absolute atomic E-state index is 0.203. The number of hydrogen-bond acceptors (Lipinski definition) is 3. The van der Waals surface area contributed by atoms with Crippen molar-refractivity contribution < 1.29 is 9.84 Å². The molecule has 2 aliphatic rings. The molecule has 2 heterocycles. The van der Waals surface area contributed by atoms with Crippen LogP contribution in [0.1, 0.15) is 19.8 Å². The van der Waals surface area contributed by atoms with Crippen LogP contribution in [-0.2, 0) is 4.74 Å². The molecule has 0 aliphatic carbocycles. The van der Waals surface area contributed by atoms with Crippen LogP contribution in [0.4, 0.5) is 0 Å². The van der Waals surface area contributed by atoms with E-state index in [0.717, 1.165) is 19.8 Å². The molecule has 0 amide bonds. The zero-order chi connectivity index (χ0) is 8.55. The molecule has 2 bridgehead atoms. The lowest BCUT2D eigenvalue weighted by Gasteiger charge is -2.35. The molecule has 2 saturated heterocycles. The van der Waals surface area contributed by atoms with Crippen LogP contribution in [0.3, 0.4) is 0 Å². The molecule has 0 saturated carbocycles. The number of aliphatic hydroxyl groups excluding tert-OH is 1. The zero-order valence-electron chi connectivity index (χ0n) is 7.57. The summed E-state index contributed by atoms with van der Waals surface area (Å²) in [6.07, 6.45) is 2.29. The van der Waals surface area contributed by atoms with Gasteiger partial charge in [-0.05, 0) is 19.8 Å². The maximum Gasteiger partial charge on any atom is 0.0639 e. The molecule has 3 heteroatoms. The average Bonchev–Trinajstić information content (AvgIpc) is 2.30. The molecule has 0 spiro atoms. The lowest BCUT2D eigenvalue weighted by molar-refractivity contribution is -0.0305. The van der Waals surface area contributed by atoms with E-state index < -0.39 is 0 Å². The lowest BCUT2D eigenvalue weighted by Crippen LogP contribution is -2.48. The molecule has 0 aromatic carbocycles. The van der Waals surface area contributed by atoms with Crippen LogP contribution in [0.2, 0.25) is 0 Å². The minimum Gasteiger partial charge on any atom is -0.392 e. The number of rotatable bonds is 2. The molecule has 2 rings (SSSR count). The summed E-state index contributed by atoms with van der Waals surface area (Å²) in [6.45, 7) is 4.40. The van der Waals surface area contributed by atoms with Gasteiger partial charge in [-0.2, -0.15) is 0 Å². The van der Waals surface area contributed by atoms with Crippen molar-refractivity contribution in [2.75, 3.05) is 19.8 Å². The van der Waals surface area contributed by atoms with Gasteiger partial charge in [0.1, 0.15) is 0 Å². The standard InChI is InChI=1S/C9H17NO2/c1-7(11)4-10-8-2-3-9(10)6-12-5-8/h7-9,11H,2-6H2,1H3. The second-order valence-electron chi connectivity index (χ2n) is 3.97. The fourth-order valence-corrected chi connectivity index (χ4v) is 2.32. The molecule has 2 aliphatic heterocycles. The molecule has 0 aromatic rings. The molecule has 1 N–H and O–H groups in total. The van der Waals surface area contributed by atoms with Crippen molar-refractivity contribution in [3.8, 4) is 0 Å². The highest BCUT2D eigenvalue weighted by Crippen LogP contribution is 2.28. The van der Waals surface area contributed by atoms with Crippen molar-refractivity contribution in [2.45, 2.75) is 38.0 Å². The SMILES string of the molecule is CC(O)CN1C2CCC1COC2. The molecule has 12 heavy (non-hydrogen) atoms. The van der Waals surface area contributed by atoms with Crippen LogP contribution < -0.4 is 0 Å². The molecule has 0 radical (unpaired) electrons. The van der Waals surface area contributed by atoms with E-state index in [9.17, 15) is 5.11 Å². The molecular weight excluding hydrogens is 154 g/mol. The molecule has 3 nitrogen and oxygen atoms in total. The Morgan fingerprint density at radius 2 is 2.00 bits per heavy atom. The summed E-state index contributed by atoms with van der Waals surface area (Å²) in [4.78, 5) is 2.41. The van der Waals surface area contributed by atoms with E-state index in [1.54, 1.807) is 0 Å². The van der Waals surface area contributed by atoms with Gasteiger partial charge in [0.15, 0.2) is 0 Å². The van der Waals surface area contributed by atoms with E-state index in [-0.39, 0.29) is 6.10 Å². The molecular formula is C9H17NO2. The van der Waals surface area contributed by atoms with Gasteiger partial charge in [-0.3, -0.25) is 4.90 Å². The Hall–Kier alpha value is -0.120. The van der Waals surface area contributed by atoms with Gasteiger partial charge >= 0.3 is 0 Å². The Balaban J connectivity index is 1.96. The van der Waals surface area contributed by atoms with Crippen molar-refractivity contribution in [1.29, 1.82) is 0 Å². The van der Waals surface area contributed by atoms with E-state index in [0.29, 0.717) is 12.1 Å². The maximum absolute atomic E-state index is 9.29. The first kappa shape index (κ1) is 8.48. The third-order valence-corrected chi connectivity index (χ3v) is 2.87. The summed E-state index contributed by atoms with van der Waals surface area (Å²) >= 11 is 0. The van der Waals surface area contributed by atoms with Gasteiger partial charge in [0.2, 0.25) is 0 Å². The second kappa shape index (κ2) is 3.32. The Bertz CT molecular complexity index is 145. The Morgan fingerprint density at radius 1 is 1.42 bits per heavy atom. The summed E-state index contributed by atoms with van der Waals surface area (Å²) in [5.41, 5.74) is 0. The molecule has 3 unspecified atom stereocenters. The molecule has 2 fully saturated rings. The van der Waals surface area contributed by atoms with Gasteiger partial charge in [0.25, 0.3) is 0 Å². The van der Waals surface area contributed by atoms with Gasteiger partial charge < -0.3 is 9.84 Å². The quantitative estimate of drug-likeness (QED) is 0.645. The maximum atomic E-state index is 9.29. The smallest absolute Gasteiger partial charge is 0.0639 e. The van der Waals surface area contributed by atoms with Crippen molar-refractivity contribution in [3.05, 3.63) is 0 Å². The monoisotopic (exact) mass is 171 g/mol. The van der Waals surface area contributed by atoms with Crippen molar-refractivity contribution in [3.63, 3.8) is 0 Å². The van der Waals surface area contributed by atoms with Crippen molar-refractivity contribution >= 4 is 0 Å². The van der Waals surface area contributed by atoms with Crippen LogP contribution in [0.25, 0.3) is 0 Å². The van der Waals surface area contributed by atoms with E-state index in [1.165, 1.54) is 12.8 Å². The predicted molar refractivity (Wildman–Crippen MR) is 46.0 cm³/mol. The van der Waals surface area contributed by atoms with Crippen LogP contribution in [0.15, 0.2) is 0 Å².